The topological polar surface area (TPSA) is 21.3 Å². The first-order valence-corrected chi connectivity index (χ1v) is 6.12. The quantitative estimate of drug-likeness (QED) is 0.817. The van der Waals surface area contributed by atoms with Crippen molar-refractivity contribution in [2.45, 2.75) is 25.9 Å². The van der Waals surface area contributed by atoms with Crippen molar-refractivity contribution in [2.75, 3.05) is 20.2 Å². The molecule has 1 fully saturated rings. The molecule has 1 aromatic carbocycles. The van der Waals surface area contributed by atoms with Gasteiger partial charge in [0.1, 0.15) is 0 Å². The number of methoxy groups -OCH3 is 1. The minimum atomic E-state index is 0.520. The molecule has 1 spiro atoms. The molecule has 3 rings (SSSR count). The molecule has 2 nitrogen and oxygen atoms in total. The van der Waals surface area contributed by atoms with Crippen LogP contribution in [-0.2, 0) is 24.2 Å². The maximum Gasteiger partial charge on any atom is 0.0715 e. The van der Waals surface area contributed by atoms with Crippen molar-refractivity contribution in [2.24, 2.45) is 5.41 Å². The van der Waals surface area contributed by atoms with Gasteiger partial charge in [-0.2, -0.15) is 0 Å². The van der Waals surface area contributed by atoms with Gasteiger partial charge in [-0.05, 0) is 47.9 Å². The zero-order chi connectivity index (χ0) is 11.0. The molecular weight excluding hydrogens is 198 g/mol. The van der Waals surface area contributed by atoms with Crippen LogP contribution in [-0.4, -0.2) is 20.2 Å². The van der Waals surface area contributed by atoms with E-state index >= 15 is 0 Å². The van der Waals surface area contributed by atoms with E-state index in [1.807, 2.05) is 0 Å². The van der Waals surface area contributed by atoms with Gasteiger partial charge >= 0.3 is 0 Å². The average molecular weight is 217 g/mol. The van der Waals surface area contributed by atoms with Gasteiger partial charge in [-0.25, -0.2) is 0 Å². The molecule has 0 radical (unpaired) electrons. The molecule has 1 aromatic rings. The van der Waals surface area contributed by atoms with Gasteiger partial charge in [0.25, 0.3) is 0 Å². The van der Waals surface area contributed by atoms with Crippen molar-refractivity contribution in [1.29, 1.82) is 0 Å². The third-order valence-corrected chi connectivity index (χ3v) is 4.12. The van der Waals surface area contributed by atoms with E-state index in [9.17, 15) is 0 Å². The van der Waals surface area contributed by atoms with Gasteiger partial charge in [-0.3, -0.25) is 0 Å². The Kier molecular flexibility index (Phi) is 2.49. The van der Waals surface area contributed by atoms with E-state index in [-0.39, 0.29) is 0 Å². The van der Waals surface area contributed by atoms with Crippen molar-refractivity contribution < 1.29 is 4.74 Å². The number of ether oxygens (including phenoxy) is 1. The molecule has 86 valence electrons. The monoisotopic (exact) mass is 217 g/mol. The number of nitrogens with one attached hydrogen (secondary N) is 1. The Morgan fingerprint density at radius 3 is 3.06 bits per heavy atom. The highest BCUT2D eigenvalue weighted by molar-refractivity contribution is 5.41. The first kappa shape index (κ1) is 10.3. The predicted octanol–water partition coefficient (Wildman–Crippen LogP) is 1.91. The Bertz CT molecular complexity index is 394. The van der Waals surface area contributed by atoms with E-state index in [1.54, 1.807) is 18.2 Å². The molecule has 0 aromatic heterocycles. The lowest BCUT2D eigenvalue weighted by Gasteiger charge is -2.20. The lowest BCUT2D eigenvalue weighted by molar-refractivity contribution is 0.184. The molecular formula is C14H19NO. The van der Waals surface area contributed by atoms with Crippen molar-refractivity contribution in [3.63, 3.8) is 0 Å². The second-order valence-electron chi connectivity index (χ2n) is 5.27. The Labute approximate surface area is 97.0 Å². The molecule has 16 heavy (non-hydrogen) atoms. The minimum Gasteiger partial charge on any atom is -0.380 e. The third kappa shape index (κ3) is 1.57. The van der Waals surface area contributed by atoms with Gasteiger partial charge in [0.15, 0.2) is 0 Å². The highest BCUT2D eigenvalue weighted by atomic mass is 16.5. The lowest BCUT2D eigenvalue weighted by atomic mass is 9.84. The van der Waals surface area contributed by atoms with Crippen LogP contribution in [0.15, 0.2) is 18.2 Å². The van der Waals surface area contributed by atoms with E-state index in [4.69, 9.17) is 4.74 Å². The Morgan fingerprint density at radius 1 is 1.38 bits per heavy atom. The summed E-state index contributed by atoms with van der Waals surface area (Å²) in [5.74, 6) is 0. The Hall–Kier alpha value is -0.860. The van der Waals surface area contributed by atoms with Crippen LogP contribution in [0.25, 0.3) is 0 Å². The van der Waals surface area contributed by atoms with Crippen molar-refractivity contribution in [3.8, 4) is 0 Å². The average Bonchev–Trinajstić information content (AvgIpc) is 2.87. The van der Waals surface area contributed by atoms with Gasteiger partial charge < -0.3 is 10.1 Å². The van der Waals surface area contributed by atoms with Gasteiger partial charge in [0, 0.05) is 13.7 Å². The van der Waals surface area contributed by atoms with Crippen molar-refractivity contribution in [3.05, 3.63) is 34.9 Å². The molecule has 1 heterocycles. The summed E-state index contributed by atoms with van der Waals surface area (Å²) in [6.07, 6.45) is 3.83. The molecule has 2 heteroatoms. The summed E-state index contributed by atoms with van der Waals surface area (Å²) in [6.45, 7) is 3.13. The Balaban J connectivity index is 1.93. The summed E-state index contributed by atoms with van der Waals surface area (Å²) in [6, 6.07) is 6.68. The number of hydrogen-bond donors (Lipinski definition) is 1. The van der Waals surface area contributed by atoms with Crippen LogP contribution in [0.5, 0.6) is 0 Å². The fourth-order valence-corrected chi connectivity index (χ4v) is 3.31. The van der Waals surface area contributed by atoms with Crippen LogP contribution < -0.4 is 5.32 Å². The van der Waals surface area contributed by atoms with Crippen LogP contribution in [0.3, 0.4) is 0 Å². The van der Waals surface area contributed by atoms with Crippen LogP contribution in [0, 0.1) is 5.41 Å². The van der Waals surface area contributed by atoms with Crippen LogP contribution in [0.4, 0.5) is 0 Å². The summed E-state index contributed by atoms with van der Waals surface area (Å²) in [4.78, 5) is 0. The highest BCUT2D eigenvalue weighted by Gasteiger charge is 2.40. The van der Waals surface area contributed by atoms with Crippen LogP contribution in [0.1, 0.15) is 23.1 Å². The molecule has 0 amide bonds. The van der Waals surface area contributed by atoms with Crippen LogP contribution in [0.2, 0.25) is 0 Å². The number of hydrogen-bond acceptors (Lipinski definition) is 2. The molecule has 1 aliphatic heterocycles. The number of rotatable bonds is 2. The van der Waals surface area contributed by atoms with Gasteiger partial charge in [-0.1, -0.05) is 18.2 Å². The zero-order valence-corrected chi connectivity index (χ0v) is 9.88. The maximum atomic E-state index is 5.29. The molecule has 1 saturated heterocycles. The number of fused-ring (bicyclic) bond motifs is 1. The van der Waals surface area contributed by atoms with Gasteiger partial charge in [0.2, 0.25) is 0 Å². The smallest absolute Gasteiger partial charge is 0.0715 e. The predicted molar refractivity (Wildman–Crippen MR) is 64.5 cm³/mol. The molecule has 1 unspecified atom stereocenters. The fraction of sp³-hybridized carbons (Fsp3) is 0.571. The van der Waals surface area contributed by atoms with E-state index in [1.165, 1.54) is 37.9 Å². The normalized spacial score (nSPS) is 27.6. The van der Waals surface area contributed by atoms with Crippen molar-refractivity contribution in [1.82, 2.24) is 5.32 Å². The largest absolute Gasteiger partial charge is 0.380 e. The molecule has 0 saturated carbocycles. The van der Waals surface area contributed by atoms with Crippen LogP contribution >= 0.6 is 0 Å². The third-order valence-electron chi connectivity index (χ3n) is 4.12. The molecule has 1 aliphatic carbocycles. The zero-order valence-electron chi connectivity index (χ0n) is 9.88. The SMILES string of the molecule is COCc1cccc2c1CC1(CCNC1)C2. The molecule has 0 bridgehead atoms. The first-order valence-electron chi connectivity index (χ1n) is 6.12. The summed E-state index contributed by atoms with van der Waals surface area (Å²) in [5.41, 5.74) is 5.03. The Morgan fingerprint density at radius 2 is 2.31 bits per heavy atom. The van der Waals surface area contributed by atoms with Gasteiger partial charge in [-0.15, -0.1) is 0 Å². The van der Waals surface area contributed by atoms with E-state index in [0.29, 0.717) is 5.41 Å². The lowest BCUT2D eigenvalue weighted by Crippen LogP contribution is -2.24. The minimum absolute atomic E-state index is 0.520. The standard InChI is InChI=1S/C14H19NO/c1-16-9-12-4-2-3-11-7-14(8-13(11)12)5-6-15-10-14/h2-4,15H,5-10H2,1H3. The summed E-state index contributed by atoms with van der Waals surface area (Å²) in [5, 5.41) is 3.51. The maximum absolute atomic E-state index is 5.29. The second kappa shape index (κ2) is 3.86. The molecule has 1 atom stereocenters. The summed E-state index contributed by atoms with van der Waals surface area (Å²) in [7, 11) is 1.78. The molecule has 1 N–H and O–H groups in total. The van der Waals surface area contributed by atoms with E-state index < -0.39 is 0 Å². The second-order valence-corrected chi connectivity index (χ2v) is 5.27. The number of benzene rings is 1. The summed E-state index contributed by atoms with van der Waals surface area (Å²) >= 11 is 0. The molecule has 2 aliphatic rings. The first-order chi connectivity index (χ1) is 7.83. The fourth-order valence-electron chi connectivity index (χ4n) is 3.31. The van der Waals surface area contributed by atoms with Gasteiger partial charge in [0.05, 0.1) is 6.61 Å². The summed E-state index contributed by atoms with van der Waals surface area (Å²) < 4.78 is 5.29. The highest BCUT2D eigenvalue weighted by Crippen LogP contribution is 2.42. The van der Waals surface area contributed by atoms with E-state index in [0.717, 1.165) is 6.61 Å². The van der Waals surface area contributed by atoms with E-state index in [2.05, 4.69) is 23.5 Å². The van der Waals surface area contributed by atoms with Crippen molar-refractivity contribution >= 4 is 0 Å².